The van der Waals surface area contributed by atoms with E-state index in [9.17, 15) is 4.79 Å². The van der Waals surface area contributed by atoms with Gasteiger partial charge in [-0.25, -0.2) is 0 Å². The van der Waals surface area contributed by atoms with Gasteiger partial charge in [0.25, 0.3) is 0 Å². The van der Waals surface area contributed by atoms with Gasteiger partial charge < -0.3 is 4.74 Å². The summed E-state index contributed by atoms with van der Waals surface area (Å²) in [6.45, 7) is 7.06. The molecule has 2 atom stereocenters. The molecule has 2 nitrogen and oxygen atoms in total. The van der Waals surface area contributed by atoms with Crippen LogP contribution in [0.15, 0.2) is 0 Å². The highest BCUT2D eigenvalue weighted by Gasteiger charge is 2.47. The summed E-state index contributed by atoms with van der Waals surface area (Å²) in [5, 5.41) is 0. The van der Waals surface area contributed by atoms with Gasteiger partial charge in [0, 0.05) is 0 Å². The first kappa shape index (κ1) is 11.9. The van der Waals surface area contributed by atoms with Gasteiger partial charge in [0.2, 0.25) is 0 Å². The molecule has 0 saturated heterocycles. The van der Waals surface area contributed by atoms with Crippen LogP contribution in [0.1, 0.15) is 46.5 Å². The molecular weight excluding hydrogens is 200 g/mol. The molecule has 2 aliphatic rings. The van der Waals surface area contributed by atoms with E-state index in [1.165, 1.54) is 25.7 Å². The third-order valence-electron chi connectivity index (χ3n) is 4.64. The summed E-state index contributed by atoms with van der Waals surface area (Å²) in [5.41, 5.74) is 0. The standard InChI is InChI=1S/C14H24O2/c1-4-16-14(15)13-10-5-6-11(13)8-12(7-10)9(2)3/h9-13H,4-8H2,1-3H3. The van der Waals surface area contributed by atoms with Crippen molar-refractivity contribution in [2.75, 3.05) is 6.61 Å². The van der Waals surface area contributed by atoms with Crippen molar-refractivity contribution in [3.63, 3.8) is 0 Å². The molecule has 92 valence electrons. The Morgan fingerprint density at radius 1 is 1.25 bits per heavy atom. The lowest BCUT2D eigenvalue weighted by Gasteiger charge is -2.35. The summed E-state index contributed by atoms with van der Waals surface area (Å²) < 4.78 is 5.22. The van der Waals surface area contributed by atoms with Gasteiger partial charge in [-0.15, -0.1) is 0 Å². The van der Waals surface area contributed by atoms with Gasteiger partial charge in [-0.05, 0) is 56.3 Å². The number of ether oxygens (including phenoxy) is 1. The topological polar surface area (TPSA) is 26.3 Å². The van der Waals surface area contributed by atoms with E-state index in [-0.39, 0.29) is 11.9 Å². The molecule has 2 aliphatic carbocycles. The number of carbonyl (C=O) groups is 1. The second-order valence-electron chi connectivity index (χ2n) is 5.85. The molecule has 0 aromatic heterocycles. The summed E-state index contributed by atoms with van der Waals surface area (Å²) in [4.78, 5) is 11.9. The van der Waals surface area contributed by atoms with Gasteiger partial charge in [0.05, 0.1) is 12.5 Å². The van der Waals surface area contributed by atoms with E-state index in [0.717, 1.165) is 11.8 Å². The SMILES string of the molecule is CCOC(=O)C1C2CCC1CC(C(C)C)C2. The minimum absolute atomic E-state index is 0.0807. The molecule has 0 aromatic rings. The molecule has 16 heavy (non-hydrogen) atoms. The fraction of sp³-hybridized carbons (Fsp3) is 0.929. The Bertz CT molecular complexity index is 245. The van der Waals surface area contributed by atoms with E-state index < -0.39 is 0 Å². The van der Waals surface area contributed by atoms with Crippen LogP contribution in [0.4, 0.5) is 0 Å². The third-order valence-corrected chi connectivity index (χ3v) is 4.64. The van der Waals surface area contributed by atoms with Gasteiger partial charge >= 0.3 is 5.97 Å². The summed E-state index contributed by atoms with van der Waals surface area (Å²) in [7, 11) is 0. The summed E-state index contributed by atoms with van der Waals surface area (Å²) in [6.07, 6.45) is 4.99. The maximum atomic E-state index is 11.9. The van der Waals surface area contributed by atoms with Crippen LogP contribution in [0.25, 0.3) is 0 Å². The largest absolute Gasteiger partial charge is 0.466 e. The zero-order valence-electron chi connectivity index (χ0n) is 10.7. The maximum absolute atomic E-state index is 11.9. The molecule has 2 rings (SSSR count). The van der Waals surface area contributed by atoms with Crippen LogP contribution in [0.3, 0.4) is 0 Å². The molecule has 0 N–H and O–H groups in total. The van der Waals surface area contributed by atoms with Crippen molar-refractivity contribution in [1.82, 2.24) is 0 Å². The van der Waals surface area contributed by atoms with Crippen LogP contribution in [0, 0.1) is 29.6 Å². The Morgan fingerprint density at radius 3 is 2.25 bits per heavy atom. The van der Waals surface area contributed by atoms with Crippen LogP contribution in [0.2, 0.25) is 0 Å². The first-order valence-electron chi connectivity index (χ1n) is 6.80. The molecule has 2 heteroatoms. The molecular formula is C14H24O2. The fourth-order valence-electron chi connectivity index (χ4n) is 3.74. The molecule has 0 amide bonds. The van der Waals surface area contributed by atoms with Crippen molar-refractivity contribution in [3.8, 4) is 0 Å². The quantitative estimate of drug-likeness (QED) is 0.688. The zero-order chi connectivity index (χ0) is 11.7. The minimum Gasteiger partial charge on any atom is -0.466 e. The third kappa shape index (κ3) is 2.11. The van der Waals surface area contributed by atoms with Crippen molar-refractivity contribution in [2.24, 2.45) is 29.6 Å². The average molecular weight is 224 g/mol. The second kappa shape index (κ2) is 4.77. The van der Waals surface area contributed by atoms with E-state index in [0.29, 0.717) is 18.4 Å². The highest BCUT2D eigenvalue weighted by atomic mass is 16.5. The van der Waals surface area contributed by atoms with Crippen molar-refractivity contribution < 1.29 is 9.53 Å². The van der Waals surface area contributed by atoms with Crippen LogP contribution in [-0.2, 0) is 9.53 Å². The number of hydrogen-bond donors (Lipinski definition) is 0. The Morgan fingerprint density at radius 2 is 1.81 bits per heavy atom. The van der Waals surface area contributed by atoms with Gasteiger partial charge in [-0.2, -0.15) is 0 Å². The first-order valence-corrected chi connectivity index (χ1v) is 6.80. The number of esters is 1. The van der Waals surface area contributed by atoms with E-state index in [2.05, 4.69) is 13.8 Å². The Balaban J connectivity index is 2.02. The molecule has 2 bridgehead atoms. The van der Waals surface area contributed by atoms with Gasteiger partial charge in [-0.1, -0.05) is 13.8 Å². The lowest BCUT2D eigenvalue weighted by Crippen LogP contribution is -2.34. The van der Waals surface area contributed by atoms with Crippen molar-refractivity contribution >= 4 is 5.97 Å². The van der Waals surface area contributed by atoms with E-state index >= 15 is 0 Å². The molecule has 0 spiro atoms. The molecule has 2 unspecified atom stereocenters. The Hall–Kier alpha value is -0.530. The normalized spacial score (nSPS) is 37.8. The number of fused-ring (bicyclic) bond motifs is 2. The van der Waals surface area contributed by atoms with Crippen LogP contribution in [0.5, 0.6) is 0 Å². The Kier molecular flexibility index (Phi) is 3.56. The van der Waals surface area contributed by atoms with E-state index in [4.69, 9.17) is 4.74 Å². The van der Waals surface area contributed by atoms with E-state index in [1.807, 2.05) is 6.92 Å². The second-order valence-corrected chi connectivity index (χ2v) is 5.85. The number of rotatable bonds is 3. The molecule has 0 aromatic carbocycles. The van der Waals surface area contributed by atoms with Crippen molar-refractivity contribution in [1.29, 1.82) is 0 Å². The molecule has 0 heterocycles. The van der Waals surface area contributed by atoms with Crippen LogP contribution < -0.4 is 0 Å². The summed E-state index contributed by atoms with van der Waals surface area (Å²) in [5.74, 6) is 3.15. The number of hydrogen-bond acceptors (Lipinski definition) is 2. The van der Waals surface area contributed by atoms with Gasteiger partial charge in [0.15, 0.2) is 0 Å². The predicted molar refractivity (Wildman–Crippen MR) is 63.9 cm³/mol. The predicted octanol–water partition coefficient (Wildman–Crippen LogP) is 3.26. The zero-order valence-corrected chi connectivity index (χ0v) is 10.7. The maximum Gasteiger partial charge on any atom is 0.309 e. The fourth-order valence-corrected chi connectivity index (χ4v) is 3.74. The monoisotopic (exact) mass is 224 g/mol. The van der Waals surface area contributed by atoms with Crippen molar-refractivity contribution in [3.05, 3.63) is 0 Å². The molecule has 0 aliphatic heterocycles. The van der Waals surface area contributed by atoms with Crippen LogP contribution >= 0.6 is 0 Å². The average Bonchev–Trinajstić information content (AvgIpc) is 2.49. The highest BCUT2D eigenvalue weighted by molar-refractivity contribution is 5.73. The summed E-state index contributed by atoms with van der Waals surface area (Å²) >= 11 is 0. The van der Waals surface area contributed by atoms with Gasteiger partial charge in [-0.3, -0.25) is 4.79 Å². The molecule has 2 saturated carbocycles. The Labute approximate surface area is 98.7 Å². The summed E-state index contributed by atoms with van der Waals surface area (Å²) in [6, 6.07) is 0. The molecule has 0 radical (unpaired) electrons. The lowest BCUT2D eigenvalue weighted by atomic mass is 9.70. The number of carbonyl (C=O) groups excluding carboxylic acids is 1. The highest BCUT2D eigenvalue weighted by Crippen LogP contribution is 2.51. The van der Waals surface area contributed by atoms with Gasteiger partial charge in [0.1, 0.15) is 0 Å². The van der Waals surface area contributed by atoms with Crippen molar-refractivity contribution in [2.45, 2.75) is 46.5 Å². The lowest BCUT2D eigenvalue weighted by molar-refractivity contribution is -0.152. The smallest absolute Gasteiger partial charge is 0.309 e. The van der Waals surface area contributed by atoms with E-state index in [1.54, 1.807) is 0 Å². The minimum atomic E-state index is 0.0807. The molecule has 2 fully saturated rings. The van der Waals surface area contributed by atoms with Crippen LogP contribution in [-0.4, -0.2) is 12.6 Å². The first-order chi connectivity index (χ1) is 7.63.